The lowest BCUT2D eigenvalue weighted by atomic mass is 10.3. The summed E-state index contributed by atoms with van der Waals surface area (Å²) >= 11 is 0. The molecule has 6 nitrogen and oxygen atoms in total. The summed E-state index contributed by atoms with van der Waals surface area (Å²) in [5.74, 6) is -1.37. The number of alkyl halides is 3. The quantitative estimate of drug-likeness (QED) is 0.800. The molecule has 0 aromatic carbocycles. The van der Waals surface area contributed by atoms with E-state index in [1.54, 1.807) is 0 Å². The predicted molar refractivity (Wildman–Crippen MR) is 55.3 cm³/mol. The molecule has 0 unspecified atom stereocenters. The summed E-state index contributed by atoms with van der Waals surface area (Å²) in [4.78, 5) is 14.3. The van der Waals surface area contributed by atoms with E-state index in [0.717, 1.165) is 6.07 Å². The zero-order valence-electron chi connectivity index (χ0n) is 9.73. The third kappa shape index (κ3) is 5.00. The molecule has 1 N–H and O–H groups in total. The summed E-state index contributed by atoms with van der Waals surface area (Å²) in [6.07, 6.45) is -4.72. The van der Waals surface area contributed by atoms with Gasteiger partial charge in [-0.05, 0) is 12.1 Å². The number of aromatic nitrogens is 1. The number of methoxy groups -OCH3 is 1. The molecule has 0 atom stereocenters. The summed E-state index contributed by atoms with van der Waals surface area (Å²) in [6.45, 7) is -1.09. The Bertz CT molecular complexity index is 449. The van der Waals surface area contributed by atoms with Crippen LogP contribution in [0.15, 0.2) is 12.1 Å². The van der Waals surface area contributed by atoms with E-state index < -0.39 is 18.9 Å². The topological polar surface area (TPSA) is 77.9 Å². The first-order valence-electron chi connectivity index (χ1n) is 4.95. The van der Waals surface area contributed by atoms with Crippen LogP contribution in [0.3, 0.4) is 0 Å². The number of nitrogens with zero attached hydrogens (tertiary/aromatic N) is 1. The maximum Gasteiger partial charge on any atom is 0.522 e. The van der Waals surface area contributed by atoms with Gasteiger partial charge in [0.05, 0.1) is 13.7 Å². The highest BCUT2D eigenvalue weighted by Gasteiger charge is 2.28. The van der Waals surface area contributed by atoms with Gasteiger partial charge in [-0.3, -0.25) is 4.74 Å². The average Bonchev–Trinajstić information content (AvgIpc) is 2.33. The molecule has 0 aliphatic rings. The average molecular weight is 281 g/mol. The first-order valence-corrected chi connectivity index (χ1v) is 4.95. The standard InChI is InChI=1S/C10H10F3NO5/c1-17-8-7(3-2-6(14-8)9(15)16)18-4-5-19-10(11,12)13/h2-3H,4-5H2,1H3,(H,15,16). The molecule has 0 saturated carbocycles. The fourth-order valence-electron chi connectivity index (χ4n) is 1.11. The molecule has 0 fully saturated rings. The lowest BCUT2D eigenvalue weighted by Crippen LogP contribution is -2.18. The number of carbonyl (C=O) groups is 1. The lowest BCUT2D eigenvalue weighted by Gasteiger charge is -2.11. The number of carboxylic acid groups (broad SMARTS) is 1. The number of rotatable bonds is 6. The van der Waals surface area contributed by atoms with Crippen molar-refractivity contribution in [3.05, 3.63) is 17.8 Å². The van der Waals surface area contributed by atoms with Crippen LogP contribution in [0.25, 0.3) is 0 Å². The van der Waals surface area contributed by atoms with Crippen LogP contribution >= 0.6 is 0 Å². The normalized spacial score (nSPS) is 11.2. The van der Waals surface area contributed by atoms with Gasteiger partial charge in [-0.2, -0.15) is 0 Å². The molecule has 0 bridgehead atoms. The van der Waals surface area contributed by atoms with Crippen molar-refractivity contribution >= 4 is 5.97 Å². The number of aromatic carboxylic acids is 1. The van der Waals surface area contributed by atoms with Crippen LogP contribution in [0.2, 0.25) is 0 Å². The number of hydrogen-bond donors (Lipinski definition) is 1. The molecule has 0 aliphatic heterocycles. The Kier molecular flexibility index (Phi) is 4.93. The summed E-state index contributed by atoms with van der Waals surface area (Å²) in [5.41, 5.74) is -0.268. The highest BCUT2D eigenvalue weighted by molar-refractivity contribution is 5.85. The minimum Gasteiger partial charge on any atom is -0.486 e. The highest BCUT2D eigenvalue weighted by atomic mass is 19.4. The van der Waals surface area contributed by atoms with Crippen LogP contribution in [-0.2, 0) is 4.74 Å². The number of carboxylic acids is 1. The third-order valence-electron chi connectivity index (χ3n) is 1.84. The second-order valence-electron chi connectivity index (χ2n) is 3.15. The molecule has 106 valence electrons. The highest BCUT2D eigenvalue weighted by Crippen LogP contribution is 2.24. The molecule has 0 spiro atoms. The van der Waals surface area contributed by atoms with E-state index in [2.05, 4.69) is 9.72 Å². The van der Waals surface area contributed by atoms with Crippen molar-refractivity contribution < 1.29 is 37.3 Å². The molecule has 19 heavy (non-hydrogen) atoms. The maximum atomic E-state index is 11.7. The van der Waals surface area contributed by atoms with Gasteiger partial charge < -0.3 is 14.6 Å². The van der Waals surface area contributed by atoms with Gasteiger partial charge in [-0.15, -0.1) is 13.2 Å². The minimum absolute atomic E-state index is 0.0262. The van der Waals surface area contributed by atoms with E-state index in [1.807, 2.05) is 0 Å². The van der Waals surface area contributed by atoms with Crippen molar-refractivity contribution in [2.24, 2.45) is 0 Å². The van der Waals surface area contributed by atoms with Crippen LogP contribution in [0.1, 0.15) is 10.5 Å². The number of ether oxygens (including phenoxy) is 3. The molecule has 0 saturated heterocycles. The third-order valence-corrected chi connectivity index (χ3v) is 1.84. The molecular formula is C10H10F3NO5. The fraction of sp³-hybridized carbons (Fsp3) is 0.400. The van der Waals surface area contributed by atoms with E-state index in [9.17, 15) is 18.0 Å². The van der Waals surface area contributed by atoms with Crippen LogP contribution in [-0.4, -0.2) is 42.7 Å². The summed E-state index contributed by atoms with van der Waals surface area (Å²) in [7, 11) is 1.23. The minimum atomic E-state index is -4.72. The lowest BCUT2D eigenvalue weighted by molar-refractivity contribution is -0.325. The van der Waals surface area contributed by atoms with E-state index in [4.69, 9.17) is 14.6 Å². The van der Waals surface area contributed by atoms with Crippen molar-refractivity contribution in [1.82, 2.24) is 4.98 Å². The smallest absolute Gasteiger partial charge is 0.486 e. The van der Waals surface area contributed by atoms with Gasteiger partial charge in [0.25, 0.3) is 5.88 Å². The van der Waals surface area contributed by atoms with Crippen molar-refractivity contribution in [2.75, 3.05) is 20.3 Å². The SMILES string of the molecule is COc1nc(C(=O)O)ccc1OCCOC(F)(F)F. The Labute approximate surface area is 105 Å². The zero-order valence-corrected chi connectivity index (χ0v) is 9.73. The van der Waals surface area contributed by atoms with Crippen molar-refractivity contribution in [3.8, 4) is 11.6 Å². The molecule has 1 rings (SSSR count). The van der Waals surface area contributed by atoms with Crippen LogP contribution in [0, 0.1) is 0 Å². The number of halogens is 3. The molecule has 0 aliphatic carbocycles. The van der Waals surface area contributed by atoms with Crippen LogP contribution in [0.5, 0.6) is 11.6 Å². The van der Waals surface area contributed by atoms with Gasteiger partial charge >= 0.3 is 12.3 Å². The second-order valence-corrected chi connectivity index (χ2v) is 3.15. The van der Waals surface area contributed by atoms with Crippen molar-refractivity contribution in [3.63, 3.8) is 0 Å². The van der Waals surface area contributed by atoms with E-state index in [-0.39, 0.29) is 23.9 Å². The van der Waals surface area contributed by atoms with Gasteiger partial charge in [0.2, 0.25) is 0 Å². The summed E-state index contributed by atoms with van der Waals surface area (Å²) in [5, 5.41) is 8.70. The van der Waals surface area contributed by atoms with Crippen molar-refractivity contribution in [1.29, 1.82) is 0 Å². The van der Waals surface area contributed by atoms with Gasteiger partial charge in [-0.1, -0.05) is 0 Å². The van der Waals surface area contributed by atoms with Gasteiger partial charge in [0.1, 0.15) is 6.61 Å². The molecule has 1 heterocycles. The number of hydrogen-bond acceptors (Lipinski definition) is 5. The number of pyridine rings is 1. The first-order chi connectivity index (χ1) is 8.83. The van der Waals surface area contributed by atoms with Crippen molar-refractivity contribution in [2.45, 2.75) is 6.36 Å². The van der Waals surface area contributed by atoms with Gasteiger partial charge in [0, 0.05) is 0 Å². The first kappa shape index (κ1) is 15.0. The summed E-state index contributed by atoms with van der Waals surface area (Å²) < 4.78 is 48.3. The van der Waals surface area contributed by atoms with E-state index >= 15 is 0 Å². The van der Waals surface area contributed by atoms with Gasteiger partial charge in [0.15, 0.2) is 11.4 Å². The Morgan fingerprint density at radius 2 is 2.05 bits per heavy atom. The largest absolute Gasteiger partial charge is 0.522 e. The predicted octanol–water partition coefficient (Wildman–Crippen LogP) is 1.70. The Balaban J connectivity index is 2.61. The van der Waals surface area contributed by atoms with E-state index in [1.165, 1.54) is 13.2 Å². The van der Waals surface area contributed by atoms with E-state index in [0.29, 0.717) is 0 Å². The Morgan fingerprint density at radius 1 is 1.37 bits per heavy atom. The molecular weight excluding hydrogens is 271 g/mol. The summed E-state index contributed by atoms with van der Waals surface area (Å²) in [6, 6.07) is 2.38. The zero-order chi connectivity index (χ0) is 14.5. The van der Waals surface area contributed by atoms with Gasteiger partial charge in [-0.25, -0.2) is 9.78 Å². The second kappa shape index (κ2) is 6.23. The molecule has 0 radical (unpaired) electrons. The van der Waals surface area contributed by atoms with Crippen LogP contribution < -0.4 is 9.47 Å². The Hall–Kier alpha value is -2.03. The molecule has 0 amide bonds. The monoisotopic (exact) mass is 281 g/mol. The molecule has 1 aromatic rings. The fourth-order valence-corrected chi connectivity index (χ4v) is 1.11. The molecule has 1 aromatic heterocycles. The Morgan fingerprint density at radius 3 is 2.58 bits per heavy atom. The maximum absolute atomic E-state index is 11.7. The molecule has 9 heteroatoms. The van der Waals surface area contributed by atoms with Crippen LogP contribution in [0.4, 0.5) is 13.2 Å².